The number of hydrogen-bond donors (Lipinski definition) is 0. The molecule has 1 fully saturated rings. The van der Waals surface area contributed by atoms with E-state index in [0.717, 1.165) is 6.07 Å². The Morgan fingerprint density at radius 1 is 1.17 bits per heavy atom. The van der Waals surface area contributed by atoms with E-state index in [1.807, 2.05) is 0 Å². The summed E-state index contributed by atoms with van der Waals surface area (Å²) in [5.41, 5.74) is 0.206. The summed E-state index contributed by atoms with van der Waals surface area (Å²) in [4.78, 5) is 25.0. The van der Waals surface area contributed by atoms with Crippen molar-refractivity contribution in [3.8, 4) is 17.2 Å². The van der Waals surface area contributed by atoms with Crippen molar-refractivity contribution in [2.24, 2.45) is 0 Å². The van der Waals surface area contributed by atoms with Crippen LogP contribution in [0.1, 0.15) is 33.6 Å². The topological polar surface area (TPSA) is 65.1 Å². The molecule has 0 bridgehead atoms. The zero-order valence-corrected chi connectivity index (χ0v) is 15.1. The van der Waals surface area contributed by atoms with E-state index in [2.05, 4.69) is 9.47 Å². The predicted molar refractivity (Wildman–Crippen MR) is 94.0 cm³/mol. The minimum absolute atomic E-state index is 0.00506. The molecule has 1 saturated heterocycles. The number of rotatable bonds is 4. The molecule has 152 valence electrons. The van der Waals surface area contributed by atoms with Crippen LogP contribution in [0.15, 0.2) is 36.4 Å². The fourth-order valence-corrected chi connectivity index (χ4v) is 3.35. The van der Waals surface area contributed by atoms with Gasteiger partial charge in [0.2, 0.25) is 0 Å². The second kappa shape index (κ2) is 7.31. The fraction of sp³-hybridized carbons (Fsp3) is 0.300. The lowest BCUT2D eigenvalue weighted by molar-refractivity contribution is -0.286. The van der Waals surface area contributed by atoms with Crippen molar-refractivity contribution in [3.63, 3.8) is 0 Å². The number of fused-ring (bicyclic) bond motifs is 1. The highest BCUT2D eigenvalue weighted by Crippen LogP contribution is 2.43. The van der Waals surface area contributed by atoms with Gasteiger partial charge in [-0.25, -0.2) is 4.39 Å². The molecular formula is C20H16F3NO5. The number of aldehydes is 1. The van der Waals surface area contributed by atoms with Crippen LogP contribution in [-0.2, 0) is 0 Å². The molecule has 2 aliphatic rings. The zero-order valence-electron chi connectivity index (χ0n) is 15.1. The van der Waals surface area contributed by atoms with Crippen LogP contribution >= 0.6 is 0 Å². The average molecular weight is 407 g/mol. The Hall–Kier alpha value is -3.23. The quantitative estimate of drug-likeness (QED) is 0.724. The number of halogens is 3. The maximum absolute atomic E-state index is 14.0. The third-order valence-electron chi connectivity index (χ3n) is 4.77. The third-order valence-corrected chi connectivity index (χ3v) is 4.77. The molecule has 0 aliphatic carbocycles. The van der Waals surface area contributed by atoms with E-state index in [1.165, 1.54) is 35.2 Å². The van der Waals surface area contributed by atoms with Crippen LogP contribution in [-0.4, -0.2) is 42.6 Å². The largest absolute Gasteiger partial charge is 0.586 e. The van der Waals surface area contributed by atoms with E-state index in [4.69, 9.17) is 4.74 Å². The lowest BCUT2D eigenvalue weighted by Gasteiger charge is -2.32. The number of carbonyl (C=O) groups excluding carboxylic acids is 2. The van der Waals surface area contributed by atoms with E-state index in [9.17, 15) is 22.8 Å². The van der Waals surface area contributed by atoms with E-state index in [-0.39, 0.29) is 34.5 Å². The summed E-state index contributed by atoms with van der Waals surface area (Å²) in [6, 6.07) is 8.09. The Labute approximate surface area is 163 Å². The first-order chi connectivity index (χ1) is 13.9. The summed E-state index contributed by atoms with van der Waals surface area (Å²) < 4.78 is 55.1. The van der Waals surface area contributed by atoms with Crippen LogP contribution < -0.4 is 14.2 Å². The molecule has 0 aromatic heterocycles. The molecule has 0 atom stereocenters. The van der Waals surface area contributed by atoms with Gasteiger partial charge in [0, 0.05) is 31.5 Å². The molecule has 0 radical (unpaired) electrons. The molecule has 6 nitrogen and oxygen atoms in total. The molecule has 0 saturated carbocycles. The summed E-state index contributed by atoms with van der Waals surface area (Å²) in [6.45, 7) is 0.608. The van der Waals surface area contributed by atoms with Crippen molar-refractivity contribution in [3.05, 3.63) is 53.3 Å². The number of benzene rings is 2. The van der Waals surface area contributed by atoms with Crippen LogP contribution in [0, 0.1) is 5.82 Å². The number of alkyl halides is 2. The van der Waals surface area contributed by atoms with Crippen LogP contribution in [0.4, 0.5) is 13.2 Å². The maximum atomic E-state index is 14.0. The molecule has 4 rings (SSSR count). The number of piperidine rings is 1. The summed E-state index contributed by atoms with van der Waals surface area (Å²) in [5, 5.41) is 0. The Balaban J connectivity index is 1.40. The first kappa shape index (κ1) is 19.1. The highest BCUT2D eigenvalue weighted by atomic mass is 19.3. The Morgan fingerprint density at radius 3 is 2.62 bits per heavy atom. The van der Waals surface area contributed by atoms with Crippen molar-refractivity contribution in [2.75, 3.05) is 13.1 Å². The van der Waals surface area contributed by atoms with Crippen LogP contribution in [0.3, 0.4) is 0 Å². The van der Waals surface area contributed by atoms with Gasteiger partial charge in [0.25, 0.3) is 5.91 Å². The smallest absolute Gasteiger partial charge is 0.487 e. The summed E-state index contributed by atoms with van der Waals surface area (Å²) in [5.74, 6) is -1.52. The van der Waals surface area contributed by atoms with E-state index >= 15 is 0 Å². The minimum Gasteiger partial charge on any atom is -0.487 e. The van der Waals surface area contributed by atoms with Gasteiger partial charge < -0.3 is 19.1 Å². The van der Waals surface area contributed by atoms with Gasteiger partial charge in [-0.3, -0.25) is 9.59 Å². The van der Waals surface area contributed by atoms with E-state index in [1.54, 1.807) is 0 Å². The summed E-state index contributed by atoms with van der Waals surface area (Å²) >= 11 is 0. The highest BCUT2D eigenvalue weighted by Gasteiger charge is 2.45. The predicted octanol–water partition coefficient (Wildman–Crippen LogP) is 3.64. The van der Waals surface area contributed by atoms with Crippen LogP contribution in [0.5, 0.6) is 17.2 Å². The van der Waals surface area contributed by atoms with Gasteiger partial charge in [0.05, 0.1) is 5.56 Å². The maximum Gasteiger partial charge on any atom is 0.586 e. The van der Waals surface area contributed by atoms with Crippen LogP contribution in [0.25, 0.3) is 0 Å². The number of carbonyl (C=O) groups is 2. The molecule has 2 aromatic carbocycles. The zero-order chi connectivity index (χ0) is 20.6. The van der Waals surface area contributed by atoms with Gasteiger partial charge >= 0.3 is 6.29 Å². The molecule has 0 N–H and O–H groups in total. The van der Waals surface area contributed by atoms with Gasteiger partial charge in [-0.15, -0.1) is 8.78 Å². The van der Waals surface area contributed by atoms with Gasteiger partial charge in [0.15, 0.2) is 23.1 Å². The second-order valence-electron chi connectivity index (χ2n) is 6.72. The minimum atomic E-state index is -3.80. The number of para-hydroxylation sites is 1. The molecule has 9 heteroatoms. The summed E-state index contributed by atoms with van der Waals surface area (Å²) in [7, 11) is 0. The van der Waals surface area contributed by atoms with Gasteiger partial charge in [-0.05, 0) is 30.3 Å². The molecular weight excluding hydrogens is 391 g/mol. The van der Waals surface area contributed by atoms with Crippen molar-refractivity contribution >= 4 is 12.2 Å². The number of hydrogen-bond acceptors (Lipinski definition) is 5. The monoisotopic (exact) mass is 407 g/mol. The molecule has 1 amide bonds. The fourth-order valence-electron chi connectivity index (χ4n) is 3.35. The highest BCUT2D eigenvalue weighted by molar-refractivity contribution is 5.98. The molecule has 2 heterocycles. The van der Waals surface area contributed by atoms with Gasteiger partial charge in [-0.2, -0.15) is 0 Å². The lowest BCUT2D eigenvalue weighted by atomic mass is 10.1. The number of ether oxygens (including phenoxy) is 3. The number of likely N-dealkylation sites (tertiary alicyclic amines) is 1. The Morgan fingerprint density at radius 2 is 1.93 bits per heavy atom. The van der Waals surface area contributed by atoms with Gasteiger partial charge in [0.1, 0.15) is 12.4 Å². The summed E-state index contributed by atoms with van der Waals surface area (Å²) in [6.07, 6.45) is -2.71. The van der Waals surface area contributed by atoms with Gasteiger partial charge in [-0.1, -0.05) is 6.07 Å². The SMILES string of the molecule is O=Cc1ccc(OC2CCN(C(=O)c3cccc4c3OC(F)(F)O4)CC2)c(F)c1. The molecule has 0 spiro atoms. The number of amides is 1. The average Bonchev–Trinajstić information content (AvgIpc) is 3.03. The lowest BCUT2D eigenvalue weighted by Crippen LogP contribution is -2.42. The van der Waals surface area contributed by atoms with E-state index < -0.39 is 18.0 Å². The molecule has 0 unspecified atom stereocenters. The normalized spacial score (nSPS) is 17.8. The standard InChI is InChI=1S/C20H16F3NO5/c21-15-10-12(11-25)4-5-16(15)27-13-6-8-24(9-7-13)19(26)14-2-1-3-17-18(14)29-20(22,23)28-17/h1-5,10-11,13H,6-9H2. The Kier molecular flexibility index (Phi) is 4.81. The van der Waals surface area contributed by atoms with Crippen molar-refractivity contribution in [1.82, 2.24) is 4.90 Å². The molecule has 29 heavy (non-hydrogen) atoms. The van der Waals surface area contributed by atoms with Crippen molar-refractivity contribution in [2.45, 2.75) is 25.2 Å². The first-order valence-corrected chi connectivity index (χ1v) is 8.96. The second-order valence-corrected chi connectivity index (χ2v) is 6.72. The first-order valence-electron chi connectivity index (χ1n) is 8.96. The van der Waals surface area contributed by atoms with Crippen molar-refractivity contribution in [1.29, 1.82) is 0 Å². The van der Waals surface area contributed by atoms with E-state index in [0.29, 0.717) is 32.2 Å². The third kappa shape index (κ3) is 3.85. The number of nitrogens with zero attached hydrogens (tertiary/aromatic N) is 1. The molecule has 2 aliphatic heterocycles. The van der Waals surface area contributed by atoms with Crippen molar-refractivity contribution < 1.29 is 37.0 Å². The molecule has 2 aromatic rings. The van der Waals surface area contributed by atoms with Crippen LogP contribution in [0.2, 0.25) is 0 Å². The Bertz CT molecular complexity index is 957.